The zero-order chi connectivity index (χ0) is 20.0. The van der Waals surface area contributed by atoms with E-state index in [2.05, 4.69) is 19.9 Å². The van der Waals surface area contributed by atoms with Gasteiger partial charge in [0.2, 0.25) is 5.69 Å². The maximum Gasteiger partial charge on any atom is 0.223 e. The molecule has 1 aromatic carbocycles. The Morgan fingerprint density at radius 3 is 2.07 bits per heavy atom. The Morgan fingerprint density at radius 2 is 1.39 bits per heavy atom. The SMILES string of the molecule is CCCCCCCCc1ccc(-c2ccc(OCCCCCC)cc2)[n+]([O-])c1. The summed E-state index contributed by atoms with van der Waals surface area (Å²) in [7, 11) is 0. The number of nitrogens with zero attached hydrogens (tertiary/aromatic N) is 1. The van der Waals surface area contributed by atoms with Crippen LogP contribution in [0.4, 0.5) is 0 Å². The fraction of sp³-hybridized carbons (Fsp3) is 0.560. The number of hydrogen-bond acceptors (Lipinski definition) is 2. The highest BCUT2D eigenvalue weighted by atomic mass is 16.5. The normalized spacial score (nSPS) is 10.9. The lowest BCUT2D eigenvalue weighted by molar-refractivity contribution is -0.594. The summed E-state index contributed by atoms with van der Waals surface area (Å²) in [6, 6.07) is 11.9. The lowest BCUT2D eigenvalue weighted by atomic mass is 10.0. The van der Waals surface area contributed by atoms with Crippen LogP contribution >= 0.6 is 0 Å². The lowest BCUT2D eigenvalue weighted by Crippen LogP contribution is -2.29. The van der Waals surface area contributed by atoms with Crippen molar-refractivity contribution in [3.63, 3.8) is 0 Å². The Labute approximate surface area is 171 Å². The van der Waals surface area contributed by atoms with Gasteiger partial charge in [0.25, 0.3) is 0 Å². The van der Waals surface area contributed by atoms with E-state index < -0.39 is 0 Å². The van der Waals surface area contributed by atoms with Crippen LogP contribution in [0.3, 0.4) is 0 Å². The van der Waals surface area contributed by atoms with Crippen molar-refractivity contribution in [2.24, 2.45) is 0 Å². The first-order valence-electron chi connectivity index (χ1n) is 11.2. The van der Waals surface area contributed by atoms with E-state index in [1.165, 1.54) is 51.4 Å². The van der Waals surface area contributed by atoms with Gasteiger partial charge in [-0.3, -0.25) is 0 Å². The number of aryl methyl sites for hydroxylation is 1. The number of benzene rings is 1. The Morgan fingerprint density at radius 1 is 0.750 bits per heavy atom. The van der Waals surface area contributed by atoms with Crippen LogP contribution in [0.2, 0.25) is 0 Å². The third-order valence-corrected chi connectivity index (χ3v) is 5.21. The van der Waals surface area contributed by atoms with Crippen LogP contribution in [-0.2, 0) is 6.42 Å². The molecule has 0 fully saturated rings. The van der Waals surface area contributed by atoms with Crippen LogP contribution < -0.4 is 9.47 Å². The summed E-state index contributed by atoms with van der Waals surface area (Å²) in [4.78, 5) is 0. The molecular formula is C25H37NO2. The number of aromatic nitrogens is 1. The molecule has 2 rings (SSSR count). The highest BCUT2D eigenvalue weighted by molar-refractivity contribution is 5.57. The van der Waals surface area contributed by atoms with Crippen LogP contribution in [0.15, 0.2) is 42.6 Å². The molecule has 0 spiro atoms. The van der Waals surface area contributed by atoms with Crippen LogP contribution in [0.5, 0.6) is 5.75 Å². The van der Waals surface area contributed by atoms with Gasteiger partial charge in [-0.25, -0.2) is 0 Å². The van der Waals surface area contributed by atoms with E-state index in [-0.39, 0.29) is 0 Å². The first kappa shape index (κ1) is 22.3. The molecular weight excluding hydrogens is 346 g/mol. The molecule has 2 aromatic rings. The molecule has 0 amide bonds. The van der Waals surface area contributed by atoms with Gasteiger partial charge < -0.3 is 9.94 Å². The van der Waals surface area contributed by atoms with Gasteiger partial charge in [0.15, 0.2) is 6.20 Å². The minimum absolute atomic E-state index is 0.696. The zero-order valence-electron chi connectivity index (χ0n) is 17.8. The monoisotopic (exact) mass is 383 g/mol. The molecule has 3 nitrogen and oxygen atoms in total. The van der Waals surface area contributed by atoms with Crippen molar-refractivity contribution < 1.29 is 9.47 Å². The van der Waals surface area contributed by atoms with Gasteiger partial charge in [0.05, 0.1) is 6.61 Å². The number of hydrogen-bond donors (Lipinski definition) is 0. The van der Waals surface area contributed by atoms with E-state index in [1.54, 1.807) is 6.20 Å². The summed E-state index contributed by atoms with van der Waals surface area (Å²) in [5, 5.41) is 12.5. The summed E-state index contributed by atoms with van der Waals surface area (Å²) in [6.07, 6.45) is 15.2. The van der Waals surface area contributed by atoms with Gasteiger partial charge in [-0.15, -0.1) is 0 Å². The highest BCUT2D eigenvalue weighted by Gasteiger charge is 2.10. The highest BCUT2D eigenvalue weighted by Crippen LogP contribution is 2.21. The van der Waals surface area contributed by atoms with Crippen molar-refractivity contribution in [3.05, 3.63) is 53.4 Å². The molecule has 1 aromatic heterocycles. The molecule has 0 aliphatic heterocycles. The largest absolute Gasteiger partial charge is 0.618 e. The Hall–Kier alpha value is -2.03. The van der Waals surface area contributed by atoms with E-state index in [0.717, 1.165) is 47.5 Å². The topological polar surface area (TPSA) is 36.2 Å². The maximum atomic E-state index is 12.5. The minimum Gasteiger partial charge on any atom is -0.618 e. The summed E-state index contributed by atoms with van der Waals surface area (Å²) in [5.41, 5.74) is 2.75. The van der Waals surface area contributed by atoms with Crippen molar-refractivity contribution in [1.29, 1.82) is 0 Å². The molecule has 0 aliphatic carbocycles. The minimum atomic E-state index is 0.696. The molecule has 0 radical (unpaired) electrons. The molecule has 1 heterocycles. The van der Waals surface area contributed by atoms with E-state index in [4.69, 9.17) is 4.74 Å². The second kappa shape index (κ2) is 13.2. The van der Waals surface area contributed by atoms with Gasteiger partial charge in [-0.1, -0.05) is 65.2 Å². The Balaban J connectivity index is 1.82. The summed E-state index contributed by atoms with van der Waals surface area (Å²) in [5.74, 6) is 0.873. The maximum absolute atomic E-state index is 12.5. The van der Waals surface area contributed by atoms with Crippen molar-refractivity contribution in [3.8, 4) is 17.0 Å². The van der Waals surface area contributed by atoms with Crippen molar-refractivity contribution in [2.45, 2.75) is 84.5 Å². The Kier molecular flexibility index (Phi) is 10.5. The summed E-state index contributed by atoms with van der Waals surface area (Å²) >= 11 is 0. The number of rotatable bonds is 14. The second-order valence-electron chi connectivity index (χ2n) is 7.70. The first-order valence-corrected chi connectivity index (χ1v) is 11.2. The molecule has 0 N–H and O–H groups in total. The van der Waals surface area contributed by atoms with Gasteiger partial charge in [-0.05, 0) is 49.6 Å². The quantitative estimate of drug-likeness (QED) is 0.203. The third-order valence-electron chi connectivity index (χ3n) is 5.21. The average Bonchev–Trinajstić information content (AvgIpc) is 2.71. The summed E-state index contributed by atoms with van der Waals surface area (Å²) in [6.45, 7) is 5.21. The predicted molar refractivity (Wildman–Crippen MR) is 118 cm³/mol. The van der Waals surface area contributed by atoms with E-state index in [9.17, 15) is 5.21 Å². The van der Waals surface area contributed by atoms with Gasteiger partial charge >= 0.3 is 0 Å². The van der Waals surface area contributed by atoms with Crippen molar-refractivity contribution >= 4 is 0 Å². The van der Waals surface area contributed by atoms with E-state index in [1.807, 2.05) is 30.3 Å². The smallest absolute Gasteiger partial charge is 0.223 e. The fourth-order valence-corrected chi connectivity index (χ4v) is 3.44. The molecule has 0 saturated heterocycles. The lowest BCUT2D eigenvalue weighted by Gasteiger charge is -2.09. The molecule has 0 saturated carbocycles. The second-order valence-corrected chi connectivity index (χ2v) is 7.70. The molecule has 0 unspecified atom stereocenters. The first-order chi connectivity index (χ1) is 13.7. The third kappa shape index (κ3) is 7.92. The number of unbranched alkanes of at least 4 members (excludes halogenated alkanes) is 8. The number of ether oxygens (including phenoxy) is 1. The molecule has 0 atom stereocenters. The predicted octanol–water partition coefficient (Wildman–Crippen LogP) is 6.85. The molecule has 3 heteroatoms. The Bertz CT molecular complexity index is 667. The van der Waals surface area contributed by atoms with Gasteiger partial charge in [-0.2, -0.15) is 4.73 Å². The van der Waals surface area contributed by atoms with E-state index in [0.29, 0.717) is 5.69 Å². The fourth-order valence-electron chi connectivity index (χ4n) is 3.44. The molecule has 0 aliphatic rings. The van der Waals surface area contributed by atoms with E-state index >= 15 is 0 Å². The van der Waals surface area contributed by atoms with Crippen molar-refractivity contribution in [2.75, 3.05) is 6.61 Å². The molecule has 0 bridgehead atoms. The summed E-state index contributed by atoms with van der Waals surface area (Å²) < 4.78 is 6.79. The molecule has 154 valence electrons. The standard InChI is InChI=1S/C25H37NO2/c1-3-5-7-9-10-11-13-22-14-19-25(26(27)21-22)23-15-17-24(18-16-23)28-20-12-8-6-4-2/h14-19,21H,3-13,20H2,1-2H3. The average molecular weight is 384 g/mol. The van der Waals surface area contributed by atoms with Crippen LogP contribution in [0, 0.1) is 5.21 Å². The van der Waals surface area contributed by atoms with Crippen LogP contribution in [0.1, 0.15) is 83.6 Å². The van der Waals surface area contributed by atoms with Gasteiger partial charge in [0.1, 0.15) is 5.75 Å². The zero-order valence-corrected chi connectivity index (χ0v) is 17.8. The number of pyridine rings is 1. The van der Waals surface area contributed by atoms with Crippen molar-refractivity contribution in [1.82, 2.24) is 0 Å². The van der Waals surface area contributed by atoms with Crippen LogP contribution in [0.25, 0.3) is 11.3 Å². The van der Waals surface area contributed by atoms with Gasteiger partial charge in [0, 0.05) is 17.2 Å². The molecule has 28 heavy (non-hydrogen) atoms. The van der Waals surface area contributed by atoms with Crippen LogP contribution in [-0.4, -0.2) is 6.61 Å².